The van der Waals surface area contributed by atoms with Crippen LogP contribution in [0.5, 0.6) is 0 Å². The third-order valence-corrected chi connectivity index (χ3v) is 5.40. The zero-order valence-electron chi connectivity index (χ0n) is 13.6. The molecule has 0 aromatic heterocycles. The Hall–Kier alpha value is -1.21. The van der Waals surface area contributed by atoms with Crippen LogP contribution in [-0.2, 0) is 24.4 Å². The van der Waals surface area contributed by atoms with Crippen LogP contribution in [0.15, 0.2) is 12.2 Å². The Balaban J connectivity index is 2.37. The molecule has 0 aliphatic carbocycles. The lowest BCUT2D eigenvalue weighted by molar-refractivity contribution is -0.152. The van der Waals surface area contributed by atoms with Crippen LogP contribution in [0, 0.1) is 0 Å². The Morgan fingerprint density at radius 1 is 1.09 bits per heavy atom. The van der Waals surface area contributed by atoms with Gasteiger partial charge in [-0.15, -0.1) is 0 Å². The second-order valence-electron chi connectivity index (χ2n) is 5.97. The smallest absolute Gasteiger partial charge is 0.342 e. The van der Waals surface area contributed by atoms with E-state index in [1.165, 1.54) is 38.2 Å². The van der Waals surface area contributed by atoms with Crippen LogP contribution in [0.2, 0.25) is 0 Å². The van der Waals surface area contributed by atoms with Crippen LogP contribution >= 0.6 is 0 Å². The molecule has 1 atom stereocenters. The number of esters is 2. The van der Waals surface area contributed by atoms with Crippen LogP contribution in [0.1, 0.15) is 71.1 Å². The number of carbonyl (C=O) groups excluding carboxylic acids is 2. The predicted molar refractivity (Wildman–Crippen MR) is 86.4 cm³/mol. The molecule has 23 heavy (non-hydrogen) atoms. The van der Waals surface area contributed by atoms with E-state index in [1.807, 2.05) is 0 Å². The maximum absolute atomic E-state index is 11.6. The molecule has 1 aliphatic rings. The number of allylic oxidation sites excluding steroid dienone is 1. The molecule has 0 aromatic carbocycles. The summed E-state index contributed by atoms with van der Waals surface area (Å²) in [6.07, 6.45) is 11.8. The lowest BCUT2D eigenvalue weighted by atomic mass is 10.0. The predicted octanol–water partition coefficient (Wildman–Crippen LogP) is 3.17. The minimum Gasteiger partial charge on any atom is -0.392 e. The molecule has 0 radical (unpaired) electrons. The van der Waals surface area contributed by atoms with Crippen molar-refractivity contribution in [1.29, 1.82) is 0 Å². The summed E-state index contributed by atoms with van der Waals surface area (Å²) in [6, 6.07) is 0. The highest BCUT2D eigenvalue weighted by Crippen LogP contribution is 2.31. The molecule has 132 valence electrons. The quantitative estimate of drug-likeness (QED) is 0.203. The summed E-state index contributed by atoms with van der Waals surface area (Å²) >= 11 is 0. The summed E-state index contributed by atoms with van der Waals surface area (Å²) in [4.78, 5) is 22.8. The normalized spacial score (nSPS) is 22.0. The van der Waals surface area contributed by atoms with Crippen molar-refractivity contribution in [3.05, 3.63) is 12.2 Å². The van der Waals surface area contributed by atoms with Gasteiger partial charge in [0.1, 0.15) is 0 Å². The zero-order valence-corrected chi connectivity index (χ0v) is 14.4. The van der Waals surface area contributed by atoms with Crippen LogP contribution in [0.3, 0.4) is 0 Å². The van der Waals surface area contributed by atoms with Crippen LogP contribution < -0.4 is 0 Å². The van der Waals surface area contributed by atoms with Crippen molar-refractivity contribution < 1.29 is 27.3 Å². The second-order valence-corrected chi connectivity index (χ2v) is 7.65. The Bertz CT molecular complexity index is 537. The van der Waals surface area contributed by atoms with Gasteiger partial charge in [-0.25, -0.2) is 4.79 Å². The van der Waals surface area contributed by atoms with Crippen LogP contribution in [0.25, 0.3) is 0 Å². The molecule has 0 amide bonds. The first-order valence-electron chi connectivity index (χ1n) is 8.23. The average molecular weight is 346 g/mol. The number of carbonyl (C=O) groups is 2. The van der Waals surface area contributed by atoms with E-state index in [1.54, 1.807) is 0 Å². The van der Waals surface area contributed by atoms with E-state index in [0.29, 0.717) is 6.42 Å². The first-order chi connectivity index (χ1) is 10.8. The Morgan fingerprint density at radius 3 is 2.13 bits per heavy atom. The van der Waals surface area contributed by atoms with Gasteiger partial charge in [-0.3, -0.25) is 9.35 Å². The van der Waals surface area contributed by atoms with E-state index >= 15 is 0 Å². The van der Waals surface area contributed by atoms with Gasteiger partial charge in [-0.1, -0.05) is 64.0 Å². The molecular weight excluding hydrogens is 320 g/mol. The molecule has 1 aliphatic heterocycles. The lowest BCUT2D eigenvalue weighted by Crippen LogP contribution is -2.40. The van der Waals surface area contributed by atoms with Crippen molar-refractivity contribution >= 4 is 22.1 Å². The number of hydrogen-bond acceptors (Lipinski definition) is 5. The molecule has 0 spiro atoms. The van der Waals surface area contributed by atoms with Crippen LogP contribution in [-0.4, -0.2) is 29.7 Å². The highest BCUT2D eigenvalue weighted by Gasteiger charge is 2.57. The van der Waals surface area contributed by atoms with Gasteiger partial charge in [0.25, 0.3) is 10.1 Å². The van der Waals surface area contributed by atoms with E-state index in [-0.39, 0.29) is 0 Å². The van der Waals surface area contributed by atoms with Crippen LogP contribution in [0.4, 0.5) is 0 Å². The van der Waals surface area contributed by atoms with Crippen molar-refractivity contribution in [1.82, 2.24) is 0 Å². The molecule has 1 unspecified atom stereocenters. The number of hydrogen-bond donors (Lipinski definition) is 1. The number of unbranched alkanes of at least 4 members (excludes halogenated alkanes) is 8. The summed E-state index contributed by atoms with van der Waals surface area (Å²) in [5.41, 5.74) is 0. The van der Waals surface area contributed by atoms with E-state index in [2.05, 4.69) is 11.7 Å². The van der Waals surface area contributed by atoms with Gasteiger partial charge >= 0.3 is 11.9 Å². The van der Waals surface area contributed by atoms with Gasteiger partial charge in [-0.2, -0.15) is 8.42 Å². The van der Waals surface area contributed by atoms with Crippen molar-refractivity contribution in [2.75, 3.05) is 0 Å². The molecule has 1 fully saturated rings. The molecule has 6 nitrogen and oxygen atoms in total. The first kappa shape index (κ1) is 19.8. The third-order valence-electron chi connectivity index (χ3n) is 4.03. The van der Waals surface area contributed by atoms with Crippen molar-refractivity contribution in [3.8, 4) is 0 Å². The monoisotopic (exact) mass is 346 g/mol. The first-order valence-corrected chi connectivity index (χ1v) is 9.67. The van der Waals surface area contributed by atoms with E-state index < -0.39 is 33.2 Å². The van der Waals surface area contributed by atoms with Gasteiger partial charge in [0.2, 0.25) is 4.75 Å². The second kappa shape index (κ2) is 9.17. The molecule has 0 saturated carbocycles. The summed E-state index contributed by atoms with van der Waals surface area (Å²) in [5, 5.41) is 0. The van der Waals surface area contributed by atoms with Crippen molar-refractivity contribution in [2.45, 2.75) is 75.9 Å². The van der Waals surface area contributed by atoms with Gasteiger partial charge in [0.15, 0.2) is 0 Å². The molecule has 1 heterocycles. The minimum atomic E-state index is -4.74. The maximum Gasteiger partial charge on any atom is 0.342 e. The average Bonchev–Trinajstić information content (AvgIpc) is 2.76. The topological polar surface area (TPSA) is 97.7 Å². The molecule has 1 rings (SSSR count). The fourth-order valence-electron chi connectivity index (χ4n) is 2.59. The summed E-state index contributed by atoms with van der Waals surface area (Å²) < 4.78 is 34.2. The molecule has 0 aromatic rings. The number of ether oxygens (including phenoxy) is 1. The summed E-state index contributed by atoms with van der Waals surface area (Å²) in [6.45, 7) is 2.18. The molecular formula is C16H26O6S. The number of cyclic esters (lactones) is 2. The van der Waals surface area contributed by atoms with Gasteiger partial charge in [0, 0.05) is 0 Å². The number of rotatable bonds is 11. The summed E-state index contributed by atoms with van der Waals surface area (Å²) in [7, 11) is -4.74. The Labute approximate surface area is 138 Å². The zero-order chi connectivity index (χ0) is 17.3. The molecule has 7 heteroatoms. The van der Waals surface area contributed by atoms with Gasteiger partial charge in [0.05, 0.1) is 6.42 Å². The van der Waals surface area contributed by atoms with Crippen molar-refractivity contribution in [3.63, 3.8) is 0 Å². The van der Waals surface area contributed by atoms with E-state index in [0.717, 1.165) is 25.3 Å². The highest BCUT2D eigenvalue weighted by atomic mass is 32.2. The van der Waals surface area contributed by atoms with E-state index in [4.69, 9.17) is 0 Å². The Morgan fingerprint density at radius 2 is 1.65 bits per heavy atom. The fraction of sp³-hybridized carbons (Fsp3) is 0.750. The SMILES string of the molecule is CCCCCCCCCC/C=C/C1(S(=O)(=O)O)CC(=O)OC1=O. The van der Waals surface area contributed by atoms with E-state index in [9.17, 15) is 22.6 Å². The highest BCUT2D eigenvalue weighted by molar-refractivity contribution is 7.88. The summed E-state index contributed by atoms with van der Waals surface area (Å²) in [5.74, 6) is -2.17. The molecule has 0 bridgehead atoms. The minimum absolute atomic E-state index is 0.591. The molecule has 1 saturated heterocycles. The fourth-order valence-corrected chi connectivity index (χ4v) is 3.41. The standard InChI is InChI=1S/C16H26O6S/c1-2-3-4-5-6-7-8-9-10-11-12-16(23(19,20)21)13-14(17)22-15(16)18/h11-12H,2-10,13H2,1H3,(H,19,20,21)/b12-11+. The largest absolute Gasteiger partial charge is 0.392 e. The third kappa shape index (κ3) is 5.73. The van der Waals surface area contributed by atoms with Crippen molar-refractivity contribution in [2.24, 2.45) is 0 Å². The van der Waals surface area contributed by atoms with Gasteiger partial charge in [-0.05, 0) is 12.8 Å². The molecule has 1 N–H and O–H groups in total. The van der Waals surface area contributed by atoms with Gasteiger partial charge < -0.3 is 4.74 Å². The maximum atomic E-state index is 11.6. The lowest BCUT2D eigenvalue weighted by Gasteiger charge is -2.15. The Kier molecular flexibility index (Phi) is 7.91.